The van der Waals surface area contributed by atoms with E-state index in [-0.39, 0.29) is 5.54 Å². The molecule has 0 spiro atoms. The zero-order valence-electron chi connectivity index (χ0n) is 11.8. The molecule has 1 aromatic rings. The number of hydrogen-bond acceptors (Lipinski definition) is 3. The Hall–Kier alpha value is -0.900. The van der Waals surface area contributed by atoms with Crippen molar-refractivity contribution in [3.8, 4) is 0 Å². The van der Waals surface area contributed by atoms with Gasteiger partial charge in [-0.05, 0) is 26.5 Å². The van der Waals surface area contributed by atoms with E-state index in [4.69, 9.17) is 5.73 Å². The Labute approximate surface area is 111 Å². The fraction of sp³-hybridized carbons (Fsp3) is 0.600. The van der Waals surface area contributed by atoms with Crippen molar-refractivity contribution in [3.05, 3.63) is 35.9 Å². The molecule has 1 aromatic carbocycles. The summed E-state index contributed by atoms with van der Waals surface area (Å²) in [7, 11) is 2.20. The van der Waals surface area contributed by atoms with E-state index in [1.54, 1.807) is 0 Å². The first-order valence-corrected chi connectivity index (χ1v) is 6.72. The Morgan fingerprint density at radius 2 is 1.89 bits per heavy atom. The Balaban J connectivity index is 2.16. The van der Waals surface area contributed by atoms with E-state index in [2.05, 4.69) is 61.0 Å². The van der Waals surface area contributed by atoms with E-state index in [0.29, 0.717) is 6.04 Å². The molecule has 100 valence electrons. The van der Waals surface area contributed by atoms with Crippen molar-refractivity contribution in [3.63, 3.8) is 0 Å². The van der Waals surface area contributed by atoms with Gasteiger partial charge in [-0.2, -0.15) is 0 Å². The minimum absolute atomic E-state index is 0.136. The topological polar surface area (TPSA) is 32.5 Å². The van der Waals surface area contributed by atoms with Crippen LogP contribution in [-0.2, 0) is 0 Å². The summed E-state index contributed by atoms with van der Waals surface area (Å²) in [4.78, 5) is 4.92. The maximum Gasteiger partial charge on any atom is 0.0476 e. The maximum atomic E-state index is 6.19. The van der Waals surface area contributed by atoms with Crippen LogP contribution in [0.25, 0.3) is 0 Å². The van der Waals surface area contributed by atoms with Crippen LogP contribution in [0.3, 0.4) is 0 Å². The lowest BCUT2D eigenvalue weighted by atomic mass is 9.99. The zero-order chi connectivity index (χ0) is 13.2. The van der Waals surface area contributed by atoms with Crippen LogP contribution in [0.15, 0.2) is 30.3 Å². The van der Waals surface area contributed by atoms with Gasteiger partial charge in [0.1, 0.15) is 0 Å². The van der Waals surface area contributed by atoms with Gasteiger partial charge in [0.2, 0.25) is 0 Å². The molecule has 3 nitrogen and oxygen atoms in total. The molecule has 0 amide bonds. The summed E-state index contributed by atoms with van der Waals surface area (Å²) < 4.78 is 0. The smallest absolute Gasteiger partial charge is 0.0476 e. The highest BCUT2D eigenvalue weighted by atomic mass is 15.3. The molecule has 2 N–H and O–H groups in total. The number of rotatable bonds is 3. The average Bonchev–Trinajstić information content (AvgIpc) is 2.31. The molecule has 1 aliphatic rings. The van der Waals surface area contributed by atoms with Crippen molar-refractivity contribution in [1.82, 2.24) is 9.80 Å². The van der Waals surface area contributed by atoms with Gasteiger partial charge in [-0.25, -0.2) is 0 Å². The van der Waals surface area contributed by atoms with Crippen LogP contribution in [0.1, 0.15) is 25.5 Å². The molecule has 2 rings (SSSR count). The van der Waals surface area contributed by atoms with E-state index in [1.807, 2.05) is 0 Å². The maximum absolute atomic E-state index is 6.19. The standard InChI is InChI=1S/C15H25N3/c1-15(2,16)12-18-10-9-17(3)11-14(18)13-7-5-4-6-8-13/h4-8,14H,9-12,16H2,1-3H3. The zero-order valence-corrected chi connectivity index (χ0v) is 11.8. The Morgan fingerprint density at radius 3 is 2.50 bits per heavy atom. The highest BCUT2D eigenvalue weighted by Crippen LogP contribution is 2.25. The SMILES string of the molecule is CN1CCN(CC(C)(C)N)C(c2ccccc2)C1. The van der Waals surface area contributed by atoms with E-state index < -0.39 is 0 Å². The molecular formula is C15H25N3. The number of nitrogens with zero attached hydrogens (tertiary/aromatic N) is 2. The Kier molecular flexibility index (Phi) is 4.05. The van der Waals surface area contributed by atoms with Gasteiger partial charge < -0.3 is 10.6 Å². The molecule has 1 saturated heterocycles. The van der Waals surface area contributed by atoms with Gasteiger partial charge in [0.05, 0.1) is 0 Å². The summed E-state index contributed by atoms with van der Waals surface area (Å²) in [5.41, 5.74) is 7.45. The molecule has 1 fully saturated rings. The first-order valence-electron chi connectivity index (χ1n) is 6.72. The van der Waals surface area contributed by atoms with Gasteiger partial charge in [-0.15, -0.1) is 0 Å². The lowest BCUT2D eigenvalue weighted by Gasteiger charge is -2.43. The Morgan fingerprint density at radius 1 is 1.22 bits per heavy atom. The van der Waals surface area contributed by atoms with Gasteiger partial charge in [0, 0.05) is 37.8 Å². The molecular weight excluding hydrogens is 222 g/mol. The normalized spacial score (nSPS) is 23.2. The fourth-order valence-electron chi connectivity index (χ4n) is 2.66. The number of nitrogens with two attached hydrogens (primary N) is 1. The molecule has 0 radical (unpaired) electrons. The van der Waals surface area contributed by atoms with Crippen molar-refractivity contribution >= 4 is 0 Å². The predicted octanol–water partition coefficient (Wildman–Crippen LogP) is 1.71. The second-order valence-electron chi connectivity index (χ2n) is 6.15. The van der Waals surface area contributed by atoms with Gasteiger partial charge in [0.25, 0.3) is 0 Å². The van der Waals surface area contributed by atoms with Crippen LogP contribution in [0.2, 0.25) is 0 Å². The number of hydrogen-bond donors (Lipinski definition) is 1. The number of piperazine rings is 1. The second-order valence-corrected chi connectivity index (χ2v) is 6.15. The molecule has 1 unspecified atom stereocenters. The summed E-state index contributed by atoms with van der Waals surface area (Å²) in [5, 5.41) is 0. The van der Waals surface area contributed by atoms with Gasteiger partial charge >= 0.3 is 0 Å². The summed E-state index contributed by atoms with van der Waals surface area (Å²) in [6.07, 6.45) is 0. The van der Waals surface area contributed by atoms with E-state index >= 15 is 0 Å². The summed E-state index contributed by atoms with van der Waals surface area (Å²) >= 11 is 0. The highest BCUT2D eigenvalue weighted by molar-refractivity contribution is 5.20. The third kappa shape index (κ3) is 3.55. The van der Waals surface area contributed by atoms with Crippen molar-refractivity contribution in [2.45, 2.75) is 25.4 Å². The highest BCUT2D eigenvalue weighted by Gasteiger charge is 2.29. The second kappa shape index (κ2) is 5.39. The molecule has 18 heavy (non-hydrogen) atoms. The predicted molar refractivity (Wildman–Crippen MR) is 76.5 cm³/mol. The minimum atomic E-state index is -0.136. The van der Waals surface area contributed by atoms with Gasteiger partial charge in [0.15, 0.2) is 0 Å². The van der Waals surface area contributed by atoms with Crippen LogP contribution in [0.5, 0.6) is 0 Å². The summed E-state index contributed by atoms with van der Waals surface area (Å²) in [6, 6.07) is 11.2. The fourth-order valence-corrected chi connectivity index (χ4v) is 2.66. The molecule has 1 atom stereocenters. The number of benzene rings is 1. The van der Waals surface area contributed by atoms with Crippen molar-refractivity contribution in [2.75, 3.05) is 33.2 Å². The molecule has 1 heterocycles. The van der Waals surface area contributed by atoms with E-state index in [1.165, 1.54) is 5.56 Å². The lowest BCUT2D eigenvalue weighted by Crippen LogP contribution is -2.53. The average molecular weight is 247 g/mol. The molecule has 0 aromatic heterocycles. The van der Waals surface area contributed by atoms with E-state index in [0.717, 1.165) is 26.2 Å². The Bertz CT molecular complexity index is 369. The summed E-state index contributed by atoms with van der Waals surface area (Å²) in [5.74, 6) is 0. The van der Waals surface area contributed by atoms with Crippen LogP contribution >= 0.6 is 0 Å². The van der Waals surface area contributed by atoms with Crippen molar-refractivity contribution in [1.29, 1.82) is 0 Å². The molecule has 1 aliphatic heterocycles. The molecule has 0 saturated carbocycles. The van der Waals surface area contributed by atoms with Crippen LogP contribution in [-0.4, -0.2) is 48.6 Å². The molecule has 0 bridgehead atoms. The first kappa shape index (κ1) is 13.5. The molecule has 0 aliphatic carbocycles. The summed E-state index contributed by atoms with van der Waals surface area (Å²) in [6.45, 7) is 8.46. The van der Waals surface area contributed by atoms with Crippen molar-refractivity contribution < 1.29 is 0 Å². The van der Waals surface area contributed by atoms with Crippen LogP contribution in [0, 0.1) is 0 Å². The van der Waals surface area contributed by atoms with Gasteiger partial charge in [-0.1, -0.05) is 30.3 Å². The lowest BCUT2D eigenvalue weighted by molar-refractivity contribution is 0.0739. The van der Waals surface area contributed by atoms with E-state index in [9.17, 15) is 0 Å². The van der Waals surface area contributed by atoms with Crippen LogP contribution in [0.4, 0.5) is 0 Å². The minimum Gasteiger partial charge on any atom is -0.324 e. The number of likely N-dealkylation sites (N-methyl/N-ethyl adjacent to an activating group) is 1. The van der Waals surface area contributed by atoms with Crippen LogP contribution < -0.4 is 5.73 Å². The van der Waals surface area contributed by atoms with Crippen molar-refractivity contribution in [2.24, 2.45) is 5.73 Å². The van der Waals surface area contributed by atoms with Gasteiger partial charge in [-0.3, -0.25) is 4.90 Å². The molecule has 3 heteroatoms. The monoisotopic (exact) mass is 247 g/mol. The third-order valence-corrected chi connectivity index (χ3v) is 3.49. The quantitative estimate of drug-likeness (QED) is 0.882. The third-order valence-electron chi connectivity index (χ3n) is 3.49. The largest absolute Gasteiger partial charge is 0.324 e. The first-order chi connectivity index (χ1) is 8.46.